The first-order valence-electron chi connectivity index (χ1n) is 6.86. The van der Waals surface area contributed by atoms with Crippen LogP contribution in [0.2, 0.25) is 0 Å². The number of aryl methyl sites for hydroxylation is 1. The molecule has 2 atom stereocenters. The summed E-state index contributed by atoms with van der Waals surface area (Å²) < 4.78 is 5.34. The van der Waals surface area contributed by atoms with E-state index in [1.54, 1.807) is 0 Å². The fraction of sp³-hybridized carbons (Fsp3) is 0.533. The first-order valence-corrected chi connectivity index (χ1v) is 6.86. The van der Waals surface area contributed by atoms with E-state index < -0.39 is 6.04 Å². The van der Waals surface area contributed by atoms with Gasteiger partial charge in [0, 0.05) is 6.54 Å². The molecule has 1 aliphatic heterocycles. The quantitative estimate of drug-likeness (QED) is 0.887. The Morgan fingerprint density at radius 2 is 2.21 bits per heavy atom. The fourth-order valence-electron chi connectivity index (χ4n) is 2.36. The van der Waals surface area contributed by atoms with Gasteiger partial charge in [-0.05, 0) is 25.3 Å². The molecule has 1 aliphatic rings. The smallest absolute Gasteiger partial charge is 0.239 e. The van der Waals surface area contributed by atoms with Gasteiger partial charge in [0.05, 0.1) is 25.3 Å². The van der Waals surface area contributed by atoms with Crippen molar-refractivity contribution < 1.29 is 9.53 Å². The molecule has 0 spiro atoms. The van der Waals surface area contributed by atoms with Crippen LogP contribution in [-0.2, 0) is 16.0 Å². The number of benzene rings is 1. The molecule has 1 fully saturated rings. The van der Waals surface area contributed by atoms with Crippen LogP contribution in [0.1, 0.15) is 18.9 Å². The van der Waals surface area contributed by atoms with Crippen LogP contribution in [0, 0.1) is 0 Å². The summed E-state index contributed by atoms with van der Waals surface area (Å²) in [5.74, 6) is 0.0479. The summed E-state index contributed by atoms with van der Waals surface area (Å²) >= 11 is 0. The van der Waals surface area contributed by atoms with Gasteiger partial charge in [0.15, 0.2) is 0 Å². The van der Waals surface area contributed by atoms with Gasteiger partial charge in [-0.15, -0.1) is 0 Å². The minimum absolute atomic E-state index is 0.0479. The predicted octanol–water partition coefficient (Wildman–Crippen LogP) is 1.19. The summed E-state index contributed by atoms with van der Waals surface area (Å²) in [6.45, 7) is 3.87. The Kier molecular flexibility index (Phi) is 4.93. The summed E-state index contributed by atoms with van der Waals surface area (Å²) in [7, 11) is 0. The van der Waals surface area contributed by atoms with Crippen molar-refractivity contribution in [3.05, 3.63) is 35.9 Å². The maximum Gasteiger partial charge on any atom is 0.239 e. The van der Waals surface area contributed by atoms with Gasteiger partial charge in [0.2, 0.25) is 5.91 Å². The third-order valence-electron chi connectivity index (χ3n) is 3.55. The first-order chi connectivity index (χ1) is 9.18. The van der Waals surface area contributed by atoms with Gasteiger partial charge in [-0.2, -0.15) is 0 Å². The summed E-state index contributed by atoms with van der Waals surface area (Å²) in [6, 6.07) is 9.84. The molecule has 0 bridgehead atoms. The van der Waals surface area contributed by atoms with E-state index in [0.29, 0.717) is 26.2 Å². The fourth-order valence-corrected chi connectivity index (χ4v) is 2.36. The Morgan fingerprint density at radius 3 is 2.89 bits per heavy atom. The molecule has 0 aromatic heterocycles. The van der Waals surface area contributed by atoms with E-state index in [1.807, 2.05) is 30.0 Å². The highest BCUT2D eigenvalue weighted by atomic mass is 16.5. The molecule has 2 N–H and O–H groups in total. The zero-order valence-corrected chi connectivity index (χ0v) is 11.4. The van der Waals surface area contributed by atoms with E-state index in [2.05, 4.69) is 12.1 Å². The van der Waals surface area contributed by atoms with Crippen LogP contribution in [0.15, 0.2) is 30.3 Å². The highest BCUT2D eigenvalue weighted by molar-refractivity contribution is 5.82. The molecule has 4 nitrogen and oxygen atoms in total. The number of hydrogen-bond donors (Lipinski definition) is 1. The Labute approximate surface area is 114 Å². The maximum absolute atomic E-state index is 12.3. The lowest BCUT2D eigenvalue weighted by atomic mass is 10.0. The number of nitrogens with zero attached hydrogens (tertiary/aromatic N) is 1. The predicted molar refractivity (Wildman–Crippen MR) is 74.7 cm³/mol. The number of nitrogens with two attached hydrogens (primary N) is 1. The molecule has 1 saturated heterocycles. The van der Waals surface area contributed by atoms with Crippen molar-refractivity contribution in [2.75, 3.05) is 19.8 Å². The van der Waals surface area contributed by atoms with Gasteiger partial charge in [0.25, 0.3) is 0 Å². The second-order valence-corrected chi connectivity index (χ2v) is 5.09. The summed E-state index contributed by atoms with van der Waals surface area (Å²) in [5.41, 5.74) is 7.25. The number of hydrogen-bond acceptors (Lipinski definition) is 3. The zero-order chi connectivity index (χ0) is 13.7. The monoisotopic (exact) mass is 262 g/mol. The molecule has 1 amide bonds. The molecule has 0 aliphatic carbocycles. The van der Waals surface area contributed by atoms with Crippen LogP contribution in [0.3, 0.4) is 0 Å². The summed E-state index contributed by atoms with van der Waals surface area (Å²) in [4.78, 5) is 14.1. The normalized spacial score (nSPS) is 21.2. The van der Waals surface area contributed by atoms with Crippen molar-refractivity contribution in [3.8, 4) is 0 Å². The average molecular weight is 262 g/mol. The van der Waals surface area contributed by atoms with E-state index in [9.17, 15) is 4.79 Å². The van der Waals surface area contributed by atoms with Gasteiger partial charge < -0.3 is 15.4 Å². The molecular weight excluding hydrogens is 240 g/mol. The molecule has 0 saturated carbocycles. The van der Waals surface area contributed by atoms with E-state index >= 15 is 0 Å². The average Bonchev–Trinajstić information content (AvgIpc) is 2.45. The van der Waals surface area contributed by atoms with Crippen molar-refractivity contribution in [2.45, 2.75) is 31.8 Å². The van der Waals surface area contributed by atoms with Crippen LogP contribution in [0.4, 0.5) is 0 Å². The number of amides is 1. The number of carbonyl (C=O) groups is 1. The van der Waals surface area contributed by atoms with Crippen LogP contribution in [-0.4, -0.2) is 42.6 Å². The topological polar surface area (TPSA) is 55.6 Å². The Bertz CT molecular complexity index is 408. The molecule has 1 aromatic carbocycles. The van der Waals surface area contributed by atoms with Crippen LogP contribution in [0.5, 0.6) is 0 Å². The first kappa shape index (κ1) is 14.0. The van der Waals surface area contributed by atoms with Crippen molar-refractivity contribution >= 4 is 5.91 Å². The SMILES string of the molecule is C[C@@H]1COCCN1C(=O)[C@@H](N)CCc1ccccc1. The molecule has 1 aromatic rings. The second-order valence-electron chi connectivity index (χ2n) is 5.09. The Hall–Kier alpha value is -1.39. The second kappa shape index (κ2) is 6.68. The molecular formula is C15H22N2O2. The lowest BCUT2D eigenvalue weighted by Gasteiger charge is -2.35. The largest absolute Gasteiger partial charge is 0.377 e. The van der Waals surface area contributed by atoms with Crippen LogP contribution < -0.4 is 5.73 Å². The minimum atomic E-state index is -0.416. The number of carbonyl (C=O) groups excluding carboxylic acids is 1. The van der Waals surface area contributed by atoms with Crippen molar-refractivity contribution in [1.29, 1.82) is 0 Å². The Morgan fingerprint density at radius 1 is 1.47 bits per heavy atom. The molecule has 1 heterocycles. The van der Waals surface area contributed by atoms with E-state index in [1.165, 1.54) is 5.56 Å². The number of ether oxygens (including phenoxy) is 1. The molecule has 104 valence electrons. The van der Waals surface area contributed by atoms with Crippen molar-refractivity contribution in [1.82, 2.24) is 4.90 Å². The lowest BCUT2D eigenvalue weighted by molar-refractivity contribution is -0.140. The van der Waals surface area contributed by atoms with Crippen molar-refractivity contribution in [2.24, 2.45) is 5.73 Å². The van der Waals surface area contributed by atoms with Gasteiger partial charge in [-0.3, -0.25) is 4.79 Å². The van der Waals surface area contributed by atoms with Crippen molar-refractivity contribution in [3.63, 3.8) is 0 Å². The Balaban J connectivity index is 1.85. The molecule has 2 rings (SSSR count). The van der Waals surface area contributed by atoms with Crippen LogP contribution >= 0.6 is 0 Å². The minimum Gasteiger partial charge on any atom is -0.377 e. The van der Waals surface area contributed by atoms with Gasteiger partial charge in [0.1, 0.15) is 0 Å². The van der Waals surface area contributed by atoms with E-state index in [4.69, 9.17) is 10.5 Å². The zero-order valence-electron chi connectivity index (χ0n) is 11.4. The molecule has 4 heteroatoms. The lowest BCUT2D eigenvalue weighted by Crippen LogP contribution is -2.53. The maximum atomic E-state index is 12.3. The van der Waals surface area contributed by atoms with Gasteiger partial charge in [-0.1, -0.05) is 30.3 Å². The number of rotatable bonds is 4. The molecule has 0 unspecified atom stereocenters. The van der Waals surface area contributed by atoms with E-state index in [0.717, 1.165) is 6.42 Å². The molecule has 19 heavy (non-hydrogen) atoms. The molecule has 0 radical (unpaired) electrons. The summed E-state index contributed by atoms with van der Waals surface area (Å²) in [5, 5.41) is 0. The van der Waals surface area contributed by atoms with Gasteiger partial charge in [-0.25, -0.2) is 0 Å². The number of morpholine rings is 1. The summed E-state index contributed by atoms with van der Waals surface area (Å²) in [6.07, 6.45) is 1.53. The highest BCUT2D eigenvalue weighted by Gasteiger charge is 2.27. The van der Waals surface area contributed by atoms with Crippen LogP contribution in [0.25, 0.3) is 0 Å². The third kappa shape index (κ3) is 3.78. The highest BCUT2D eigenvalue weighted by Crippen LogP contribution is 2.11. The third-order valence-corrected chi connectivity index (χ3v) is 3.55. The van der Waals surface area contributed by atoms with Gasteiger partial charge >= 0.3 is 0 Å². The standard InChI is InChI=1S/C15H22N2O2/c1-12-11-19-10-9-17(12)15(18)14(16)8-7-13-5-3-2-4-6-13/h2-6,12,14H,7-11,16H2,1H3/t12-,14+/m1/s1. The van der Waals surface area contributed by atoms with E-state index in [-0.39, 0.29) is 11.9 Å².